The molecule has 0 spiro atoms. The molecule has 0 aliphatic heterocycles. The molecule has 0 aromatic rings. The van der Waals surface area contributed by atoms with Crippen LogP contribution in [0.3, 0.4) is 0 Å². The quantitative estimate of drug-likeness (QED) is 0.526. The molecule has 0 fully saturated rings. The zero-order valence-electron chi connectivity index (χ0n) is 3.77. The van der Waals surface area contributed by atoms with E-state index in [9.17, 15) is 0 Å². The molecule has 0 saturated carbocycles. The van der Waals surface area contributed by atoms with Gasteiger partial charge in [0.1, 0.15) is 0 Å². The zero-order valence-corrected chi connectivity index (χ0v) is 5.28. The number of rotatable bonds is 1. The minimum atomic E-state index is -0.125. The van der Waals surface area contributed by atoms with Crippen LogP contribution in [0.2, 0.25) is 0 Å². The van der Waals surface area contributed by atoms with Gasteiger partial charge in [-0.05, 0) is 0 Å². The second-order valence-corrected chi connectivity index (χ2v) is 1.36. The van der Waals surface area contributed by atoms with E-state index < -0.39 is 0 Å². The van der Waals surface area contributed by atoms with Crippen LogP contribution in [0.4, 0.5) is 0 Å². The predicted molar refractivity (Wildman–Crippen MR) is 30.7 cm³/mol. The maximum atomic E-state index is 7.62. The highest BCUT2D eigenvalue weighted by Gasteiger charge is 1.58. The van der Waals surface area contributed by atoms with E-state index in [1.165, 1.54) is 0 Å². The van der Waals surface area contributed by atoms with Gasteiger partial charge >= 0.3 is 0 Å². The van der Waals surface area contributed by atoms with Crippen molar-refractivity contribution in [2.24, 2.45) is 0 Å². The number of halogens is 2. The molecule has 7 heavy (non-hydrogen) atoms. The summed E-state index contributed by atoms with van der Waals surface area (Å²) in [4.78, 5) is 0. The minimum absolute atomic E-state index is 0.125. The Balaban J connectivity index is 0. The van der Waals surface area contributed by atoms with Crippen molar-refractivity contribution >= 4 is 23.2 Å². The Morgan fingerprint density at radius 1 is 1.00 bits per heavy atom. The normalized spacial score (nSPS) is 6.86. The number of alkyl halides is 2. The highest BCUT2D eigenvalue weighted by atomic mass is 35.5. The minimum Gasteiger partial charge on any atom is -0.394 e. The Hall–Kier alpha value is 0.500. The standard InChI is InChI=1S/C2H6O2.CH2Cl2/c3-1-2-4;2-1-3/h3-4H,1-2H2;1H2. The molecule has 0 atom stereocenters. The maximum Gasteiger partial charge on any atom is 0.0967 e. The second-order valence-electron chi connectivity index (χ2n) is 0.548. The summed E-state index contributed by atoms with van der Waals surface area (Å²) in [5.41, 5.74) is 0. The van der Waals surface area contributed by atoms with Gasteiger partial charge in [-0.1, -0.05) is 0 Å². The molecule has 0 radical (unpaired) electrons. The number of aliphatic hydroxyl groups is 2. The number of hydrogen-bond donors (Lipinski definition) is 2. The van der Waals surface area contributed by atoms with Gasteiger partial charge in [-0.25, -0.2) is 0 Å². The van der Waals surface area contributed by atoms with E-state index in [4.69, 9.17) is 33.4 Å². The molecule has 0 amide bonds. The lowest BCUT2D eigenvalue weighted by Gasteiger charge is -1.70. The topological polar surface area (TPSA) is 40.5 Å². The molecular formula is C3H8Cl2O2. The molecule has 0 saturated heterocycles. The average molecular weight is 147 g/mol. The summed E-state index contributed by atoms with van der Waals surface area (Å²) in [6.45, 7) is -0.250. The first-order valence-corrected chi connectivity index (χ1v) is 2.74. The van der Waals surface area contributed by atoms with Crippen molar-refractivity contribution < 1.29 is 10.2 Å². The lowest BCUT2D eigenvalue weighted by atomic mass is 10.8. The van der Waals surface area contributed by atoms with Gasteiger partial charge in [0, 0.05) is 0 Å². The van der Waals surface area contributed by atoms with Crippen molar-refractivity contribution in [2.75, 3.05) is 18.6 Å². The molecule has 0 bridgehead atoms. The van der Waals surface area contributed by atoms with Gasteiger partial charge in [0.05, 0.1) is 18.6 Å². The van der Waals surface area contributed by atoms with Crippen LogP contribution in [0.1, 0.15) is 0 Å². The smallest absolute Gasteiger partial charge is 0.0967 e. The van der Waals surface area contributed by atoms with E-state index in [1.54, 1.807) is 0 Å². The van der Waals surface area contributed by atoms with Gasteiger partial charge < -0.3 is 10.2 Å². The lowest BCUT2D eigenvalue weighted by Crippen LogP contribution is -1.85. The molecular weight excluding hydrogens is 139 g/mol. The summed E-state index contributed by atoms with van der Waals surface area (Å²) >= 11 is 9.53. The van der Waals surface area contributed by atoms with Crippen molar-refractivity contribution in [3.8, 4) is 0 Å². The van der Waals surface area contributed by atoms with Crippen molar-refractivity contribution in [1.82, 2.24) is 0 Å². The summed E-state index contributed by atoms with van der Waals surface area (Å²) in [5, 5.41) is 15.4. The van der Waals surface area contributed by atoms with Crippen molar-refractivity contribution in [3.63, 3.8) is 0 Å². The maximum absolute atomic E-state index is 7.62. The van der Waals surface area contributed by atoms with Crippen LogP contribution < -0.4 is 0 Å². The van der Waals surface area contributed by atoms with Gasteiger partial charge in [0.15, 0.2) is 0 Å². The SMILES string of the molecule is ClCCl.OCCO. The first-order valence-electron chi connectivity index (χ1n) is 1.67. The fourth-order valence-electron chi connectivity index (χ4n) is 0. The van der Waals surface area contributed by atoms with E-state index in [0.717, 1.165) is 0 Å². The largest absolute Gasteiger partial charge is 0.394 e. The molecule has 46 valence electrons. The van der Waals surface area contributed by atoms with E-state index in [0.29, 0.717) is 0 Å². The van der Waals surface area contributed by atoms with Crippen LogP contribution in [0, 0.1) is 0 Å². The van der Waals surface area contributed by atoms with E-state index in [-0.39, 0.29) is 18.6 Å². The van der Waals surface area contributed by atoms with Gasteiger partial charge in [-0.2, -0.15) is 0 Å². The first kappa shape index (κ1) is 10.5. The fraction of sp³-hybridized carbons (Fsp3) is 1.00. The van der Waals surface area contributed by atoms with Crippen LogP contribution in [0.25, 0.3) is 0 Å². The van der Waals surface area contributed by atoms with Gasteiger partial charge in [0.25, 0.3) is 0 Å². The van der Waals surface area contributed by atoms with Crippen LogP contribution in [-0.4, -0.2) is 28.8 Å². The van der Waals surface area contributed by atoms with E-state index in [2.05, 4.69) is 0 Å². The molecule has 0 aliphatic carbocycles. The third-order valence-electron chi connectivity index (χ3n) is 0.1000. The van der Waals surface area contributed by atoms with Crippen LogP contribution in [-0.2, 0) is 0 Å². The van der Waals surface area contributed by atoms with Crippen LogP contribution >= 0.6 is 23.2 Å². The molecule has 0 aromatic heterocycles. The highest BCUT2D eigenvalue weighted by molar-refractivity contribution is 6.40. The molecule has 0 unspecified atom stereocenters. The molecule has 2 nitrogen and oxygen atoms in total. The molecule has 0 rings (SSSR count). The Morgan fingerprint density at radius 2 is 1.14 bits per heavy atom. The van der Waals surface area contributed by atoms with Gasteiger partial charge in [-0.15, -0.1) is 23.2 Å². The van der Waals surface area contributed by atoms with E-state index >= 15 is 0 Å². The summed E-state index contributed by atoms with van der Waals surface area (Å²) in [5.74, 6) is 0. The highest BCUT2D eigenvalue weighted by Crippen LogP contribution is 1.73. The van der Waals surface area contributed by atoms with Crippen LogP contribution in [0.5, 0.6) is 0 Å². The van der Waals surface area contributed by atoms with Crippen molar-refractivity contribution in [2.45, 2.75) is 0 Å². The van der Waals surface area contributed by atoms with E-state index in [1.807, 2.05) is 0 Å². The van der Waals surface area contributed by atoms with Gasteiger partial charge in [-0.3, -0.25) is 0 Å². The summed E-state index contributed by atoms with van der Waals surface area (Å²) in [6.07, 6.45) is 0. The van der Waals surface area contributed by atoms with Gasteiger partial charge in [0.2, 0.25) is 0 Å². The van der Waals surface area contributed by atoms with Crippen LogP contribution in [0.15, 0.2) is 0 Å². The zero-order chi connectivity index (χ0) is 6.12. The molecule has 0 heterocycles. The van der Waals surface area contributed by atoms with Crippen molar-refractivity contribution in [1.29, 1.82) is 0 Å². The third-order valence-corrected chi connectivity index (χ3v) is 0.1000. The molecule has 0 aliphatic rings. The Bertz CT molecular complexity index is 18.4. The summed E-state index contributed by atoms with van der Waals surface area (Å²) < 4.78 is 0. The summed E-state index contributed by atoms with van der Waals surface area (Å²) in [7, 11) is 0. The monoisotopic (exact) mass is 146 g/mol. The molecule has 0 aromatic carbocycles. The molecule has 2 N–H and O–H groups in total. The lowest BCUT2D eigenvalue weighted by molar-refractivity contribution is 0.186. The third kappa shape index (κ3) is 58.5. The Kier molecular flexibility index (Phi) is 24.0. The molecule has 4 heteroatoms. The summed E-state index contributed by atoms with van der Waals surface area (Å²) in [6, 6.07) is 0. The fourth-order valence-corrected chi connectivity index (χ4v) is 0. The average Bonchev–Trinajstić information content (AvgIpc) is 1.69. The Labute approximate surface area is 52.7 Å². The Morgan fingerprint density at radius 3 is 1.14 bits per heavy atom. The predicted octanol–water partition coefficient (Wildman–Crippen LogP) is 0.392. The first-order chi connectivity index (χ1) is 3.33. The number of aliphatic hydroxyl groups excluding tert-OH is 2. The van der Waals surface area contributed by atoms with Crippen molar-refractivity contribution in [3.05, 3.63) is 0 Å². The number of hydrogen-bond acceptors (Lipinski definition) is 2. The second kappa shape index (κ2) is 16.1.